The molecule has 0 radical (unpaired) electrons. The van der Waals surface area contributed by atoms with Gasteiger partial charge in [-0.3, -0.25) is 0 Å². The first-order valence-corrected chi connectivity index (χ1v) is 5.29. The lowest BCUT2D eigenvalue weighted by molar-refractivity contribution is 0.0770. The van der Waals surface area contributed by atoms with Crippen molar-refractivity contribution >= 4 is 15.2 Å². The summed E-state index contributed by atoms with van der Waals surface area (Å²) < 4.78 is 12.3. The van der Waals surface area contributed by atoms with Crippen LogP contribution in [0.5, 0.6) is 0 Å². The lowest BCUT2D eigenvalue weighted by atomic mass is 10.9. The Morgan fingerprint density at radius 2 is 2.00 bits per heavy atom. The number of hydrogen-bond acceptors (Lipinski definition) is 7. The molecule has 0 fully saturated rings. The van der Waals surface area contributed by atoms with Crippen LogP contribution in [0.25, 0.3) is 0 Å². The Kier molecular flexibility index (Phi) is 9.34. The zero-order valence-electron chi connectivity index (χ0n) is 7.97. The van der Waals surface area contributed by atoms with Gasteiger partial charge < -0.3 is 28.3 Å². The minimum Gasteiger partial charge on any atom is -0.488 e. The summed E-state index contributed by atoms with van der Waals surface area (Å²) in [4.78, 5) is 33.9. The summed E-state index contributed by atoms with van der Waals surface area (Å²) in [5.74, 6) is 0. The van der Waals surface area contributed by atoms with Crippen molar-refractivity contribution in [2.45, 2.75) is 6.92 Å². The molecule has 0 amide bonds. The van der Waals surface area contributed by atoms with Crippen molar-refractivity contribution in [3.8, 4) is 0 Å². The highest BCUT2D eigenvalue weighted by Gasteiger charge is 2.31. The lowest BCUT2D eigenvalue weighted by Crippen LogP contribution is -2.36. The zero-order valence-corrected chi connectivity index (χ0v) is 8.97. The molecule has 8 heteroatoms. The summed E-state index contributed by atoms with van der Waals surface area (Å²) in [5.41, 5.74) is 0. The number of methoxy groups -OCH3 is 1. The fraction of sp³-hybridized carbons (Fsp3) is 0.500. The van der Waals surface area contributed by atoms with E-state index in [-0.39, 0.29) is 0 Å². The molecule has 3 N–H and O–H groups in total. The quantitative estimate of drug-likeness (QED) is 0.333. The molecular formula is C6H14O7Si. The van der Waals surface area contributed by atoms with Gasteiger partial charge in [0.05, 0.1) is 20.0 Å². The Morgan fingerprint density at radius 3 is 2.07 bits per heavy atom. The van der Waals surface area contributed by atoms with Crippen LogP contribution >= 0.6 is 0 Å². The molecule has 0 saturated heterocycles. The number of rotatable bonds is 3. The van der Waals surface area contributed by atoms with Gasteiger partial charge in [-0.05, 0) is 6.92 Å². The Hall–Kier alpha value is -1.09. The second-order valence-corrected chi connectivity index (χ2v) is 3.13. The van der Waals surface area contributed by atoms with Gasteiger partial charge in [0.25, 0.3) is 0 Å². The standard InChI is InChI=1S/C4H8O3.C2H6O4Si/c1-3-7-4(5)6-2;1-2-6-7(3,4)5/h3H2,1-2H3;2-5H,1H2. The second-order valence-electron chi connectivity index (χ2n) is 1.75. The molecule has 0 aromatic carbocycles. The molecule has 0 aliphatic rings. The van der Waals surface area contributed by atoms with Crippen LogP contribution < -0.4 is 0 Å². The van der Waals surface area contributed by atoms with Gasteiger partial charge in [-0.15, -0.1) is 0 Å². The van der Waals surface area contributed by atoms with E-state index in [0.717, 1.165) is 6.26 Å². The van der Waals surface area contributed by atoms with E-state index in [1.54, 1.807) is 6.92 Å². The largest absolute Gasteiger partial charge is 0.740 e. The van der Waals surface area contributed by atoms with Crippen LogP contribution in [-0.4, -0.2) is 43.3 Å². The van der Waals surface area contributed by atoms with E-state index >= 15 is 0 Å². The minimum absolute atomic E-state index is 0.368. The smallest absolute Gasteiger partial charge is 0.488 e. The zero-order chi connectivity index (χ0) is 11.6. The molecule has 0 spiro atoms. The molecule has 0 heterocycles. The van der Waals surface area contributed by atoms with Gasteiger partial charge in [0, 0.05) is 0 Å². The molecule has 14 heavy (non-hydrogen) atoms. The Bertz CT molecular complexity index is 164. The summed E-state index contributed by atoms with van der Waals surface area (Å²) in [6.07, 6.45) is 0.147. The predicted octanol–water partition coefficient (Wildman–Crippen LogP) is -0.652. The first kappa shape index (κ1) is 15.4. The third-order valence-electron chi connectivity index (χ3n) is 0.670. The molecular weight excluding hydrogens is 212 g/mol. The van der Waals surface area contributed by atoms with E-state index in [9.17, 15) is 4.79 Å². The van der Waals surface area contributed by atoms with E-state index < -0.39 is 15.2 Å². The van der Waals surface area contributed by atoms with E-state index in [4.69, 9.17) is 14.4 Å². The van der Waals surface area contributed by atoms with Gasteiger partial charge in [-0.1, -0.05) is 6.58 Å². The SMILES string of the molecule is C=CO[Si](O)(O)O.CCOC(=O)OC. The molecule has 0 aromatic rings. The Morgan fingerprint density at radius 1 is 1.50 bits per heavy atom. The van der Waals surface area contributed by atoms with Crippen molar-refractivity contribution in [1.29, 1.82) is 0 Å². The molecule has 0 rings (SSSR count). The van der Waals surface area contributed by atoms with Crippen molar-refractivity contribution in [2.24, 2.45) is 0 Å². The Labute approximate surface area is 82.6 Å². The average molecular weight is 226 g/mol. The topological polar surface area (TPSA) is 105 Å². The maximum Gasteiger partial charge on any atom is 0.740 e. The normalized spacial score (nSPS) is 9.21. The van der Waals surface area contributed by atoms with Crippen molar-refractivity contribution in [3.63, 3.8) is 0 Å². The lowest BCUT2D eigenvalue weighted by Gasteiger charge is -2.04. The summed E-state index contributed by atoms with van der Waals surface area (Å²) in [5, 5.41) is 0. The molecule has 0 bridgehead atoms. The number of hydrogen-bond donors (Lipinski definition) is 3. The third-order valence-corrected chi connectivity index (χ3v) is 1.15. The Balaban J connectivity index is 0. The highest BCUT2D eigenvalue weighted by Crippen LogP contribution is 1.85. The minimum atomic E-state index is -4.28. The van der Waals surface area contributed by atoms with Gasteiger partial charge in [0.1, 0.15) is 0 Å². The summed E-state index contributed by atoms with van der Waals surface area (Å²) in [6, 6.07) is 0. The van der Waals surface area contributed by atoms with E-state index in [1.165, 1.54) is 7.11 Å². The van der Waals surface area contributed by atoms with Crippen LogP contribution in [0.4, 0.5) is 4.79 Å². The molecule has 0 unspecified atom stereocenters. The molecule has 0 aliphatic heterocycles. The molecule has 7 nitrogen and oxygen atoms in total. The van der Waals surface area contributed by atoms with Gasteiger partial charge in [-0.2, -0.15) is 0 Å². The molecule has 0 atom stereocenters. The predicted molar refractivity (Wildman–Crippen MR) is 47.7 cm³/mol. The van der Waals surface area contributed by atoms with Gasteiger partial charge in [-0.25, -0.2) is 4.79 Å². The van der Waals surface area contributed by atoms with Gasteiger partial charge in [0.15, 0.2) is 0 Å². The van der Waals surface area contributed by atoms with Crippen molar-refractivity contribution in [3.05, 3.63) is 12.8 Å². The van der Waals surface area contributed by atoms with Crippen LogP contribution in [0.15, 0.2) is 12.8 Å². The maximum atomic E-state index is 9.97. The van der Waals surface area contributed by atoms with Crippen LogP contribution in [0.3, 0.4) is 0 Å². The highest BCUT2D eigenvalue weighted by molar-refractivity contribution is 6.48. The van der Waals surface area contributed by atoms with E-state index in [0.29, 0.717) is 6.61 Å². The van der Waals surface area contributed by atoms with Gasteiger partial charge in [0.2, 0.25) is 0 Å². The maximum absolute atomic E-state index is 9.97. The second kappa shape index (κ2) is 8.50. The van der Waals surface area contributed by atoms with Crippen LogP contribution in [0, 0.1) is 0 Å². The van der Waals surface area contributed by atoms with Crippen LogP contribution in [0.1, 0.15) is 6.92 Å². The molecule has 0 aliphatic carbocycles. The monoisotopic (exact) mass is 226 g/mol. The van der Waals surface area contributed by atoms with Gasteiger partial charge >= 0.3 is 15.2 Å². The molecule has 0 saturated carbocycles. The summed E-state index contributed by atoms with van der Waals surface area (Å²) in [6.45, 7) is 5.07. The molecule has 0 aromatic heterocycles. The fourth-order valence-corrected chi connectivity index (χ4v) is 0.512. The number of ether oxygens (including phenoxy) is 2. The highest BCUT2D eigenvalue weighted by atomic mass is 28.4. The summed E-state index contributed by atoms with van der Waals surface area (Å²) in [7, 11) is -3.00. The summed E-state index contributed by atoms with van der Waals surface area (Å²) >= 11 is 0. The number of carbonyl (C=O) groups excluding carboxylic acids is 1. The first-order valence-electron chi connectivity index (χ1n) is 3.54. The number of carbonyl (C=O) groups is 1. The van der Waals surface area contributed by atoms with E-state index in [2.05, 4.69) is 20.5 Å². The van der Waals surface area contributed by atoms with Crippen molar-refractivity contribution in [1.82, 2.24) is 0 Å². The molecule has 84 valence electrons. The van der Waals surface area contributed by atoms with Crippen molar-refractivity contribution < 1.29 is 33.1 Å². The average Bonchev–Trinajstić information content (AvgIpc) is 2.03. The van der Waals surface area contributed by atoms with E-state index in [1.807, 2.05) is 0 Å². The fourth-order valence-electron chi connectivity index (χ4n) is 0.289. The first-order chi connectivity index (χ1) is 6.37. The van der Waals surface area contributed by atoms with Crippen LogP contribution in [0.2, 0.25) is 0 Å². The van der Waals surface area contributed by atoms with Crippen LogP contribution in [-0.2, 0) is 13.9 Å². The third kappa shape index (κ3) is 17.1. The van der Waals surface area contributed by atoms with Crippen molar-refractivity contribution in [2.75, 3.05) is 13.7 Å².